The second-order valence-electron chi connectivity index (χ2n) is 6.99. The Morgan fingerprint density at radius 2 is 1.75 bits per heavy atom. The summed E-state index contributed by atoms with van der Waals surface area (Å²) in [6.07, 6.45) is 1.78. The van der Waals surface area contributed by atoms with E-state index in [1.807, 2.05) is 0 Å². The maximum Gasteiger partial charge on any atom is 0.317 e. The molecule has 1 saturated carbocycles. The van der Waals surface area contributed by atoms with Crippen LogP contribution in [0.2, 0.25) is 10.0 Å². The molecule has 2 aromatic rings. The Hall–Kier alpha value is -2.11. The van der Waals surface area contributed by atoms with Crippen molar-refractivity contribution >= 4 is 40.8 Å². The first kappa shape index (κ1) is 20.6. The number of halogens is 3. The van der Waals surface area contributed by atoms with Crippen LogP contribution in [0.3, 0.4) is 0 Å². The number of esters is 1. The highest BCUT2D eigenvalue weighted by atomic mass is 35.5. The summed E-state index contributed by atoms with van der Waals surface area (Å²) in [7, 11) is 0. The summed E-state index contributed by atoms with van der Waals surface area (Å²) in [6, 6.07) is 10.7. The maximum absolute atomic E-state index is 13.7. The number of carbonyl (C=O) groups is 2. The Morgan fingerprint density at radius 3 is 2.36 bits per heavy atom. The molecule has 1 atom stereocenters. The van der Waals surface area contributed by atoms with E-state index in [1.165, 1.54) is 19.1 Å². The molecule has 0 aliphatic heterocycles. The smallest absolute Gasteiger partial charge is 0.317 e. The van der Waals surface area contributed by atoms with Gasteiger partial charge in [0.05, 0.1) is 5.41 Å². The molecule has 0 spiro atoms. The van der Waals surface area contributed by atoms with E-state index in [4.69, 9.17) is 27.9 Å². The molecule has 1 unspecified atom stereocenters. The number of anilines is 1. The summed E-state index contributed by atoms with van der Waals surface area (Å²) in [4.78, 5) is 25.4. The van der Waals surface area contributed by atoms with Crippen molar-refractivity contribution in [1.29, 1.82) is 0 Å². The van der Waals surface area contributed by atoms with Gasteiger partial charge in [-0.15, -0.1) is 0 Å². The first-order valence-electron chi connectivity index (χ1n) is 9.04. The van der Waals surface area contributed by atoms with E-state index in [0.29, 0.717) is 34.1 Å². The van der Waals surface area contributed by atoms with Gasteiger partial charge in [0.15, 0.2) is 6.10 Å². The predicted molar refractivity (Wildman–Crippen MR) is 107 cm³/mol. The first-order chi connectivity index (χ1) is 13.3. The number of ether oxygens (including phenoxy) is 1. The Morgan fingerprint density at radius 1 is 1.11 bits per heavy atom. The molecule has 1 fully saturated rings. The summed E-state index contributed by atoms with van der Waals surface area (Å²) >= 11 is 11.9. The topological polar surface area (TPSA) is 55.4 Å². The van der Waals surface area contributed by atoms with Crippen LogP contribution in [-0.4, -0.2) is 18.0 Å². The van der Waals surface area contributed by atoms with Crippen LogP contribution in [0.1, 0.15) is 38.2 Å². The number of rotatable bonds is 5. The van der Waals surface area contributed by atoms with Crippen LogP contribution >= 0.6 is 23.2 Å². The highest BCUT2D eigenvalue weighted by molar-refractivity contribution is 6.35. The minimum atomic E-state index is -1.03. The van der Waals surface area contributed by atoms with Crippen LogP contribution in [0.5, 0.6) is 0 Å². The van der Waals surface area contributed by atoms with Gasteiger partial charge in [0.25, 0.3) is 5.91 Å². The molecule has 0 heterocycles. The molecule has 1 aliphatic rings. The zero-order valence-electron chi connectivity index (χ0n) is 15.3. The minimum absolute atomic E-state index is 0.378. The van der Waals surface area contributed by atoms with Crippen molar-refractivity contribution in [3.63, 3.8) is 0 Å². The van der Waals surface area contributed by atoms with Crippen molar-refractivity contribution in [3.05, 3.63) is 63.9 Å². The lowest BCUT2D eigenvalue weighted by Crippen LogP contribution is -2.40. The van der Waals surface area contributed by atoms with Crippen molar-refractivity contribution in [3.8, 4) is 0 Å². The third-order valence-corrected chi connectivity index (χ3v) is 5.44. The number of amides is 1. The Kier molecular flexibility index (Phi) is 6.26. The van der Waals surface area contributed by atoms with E-state index >= 15 is 0 Å². The fourth-order valence-electron chi connectivity index (χ4n) is 3.57. The highest BCUT2D eigenvalue weighted by Crippen LogP contribution is 2.42. The van der Waals surface area contributed by atoms with E-state index in [2.05, 4.69) is 5.32 Å². The molecule has 1 aliphatic carbocycles. The van der Waals surface area contributed by atoms with Crippen molar-refractivity contribution in [2.24, 2.45) is 0 Å². The summed E-state index contributed by atoms with van der Waals surface area (Å²) in [5.41, 5.74) is 0.0751. The van der Waals surface area contributed by atoms with Gasteiger partial charge in [-0.1, -0.05) is 48.2 Å². The Bertz CT molecular complexity index is 877. The van der Waals surface area contributed by atoms with Crippen molar-refractivity contribution in [2.75, 3.05) is 5.32 Å². The van der Waals surface area contributed by atoms with Crippen LogP contribution in [0, 0.1) is 5.82 Å². The van der Waals surface area contributed by atoms with Gasteiger partial charge < -0.3 is 10.1 Å². The standard InChI is InChI=1S/C21H20Cl2FNO3/c1-13(19(26)25-18-11-15(22)10-16(23)12-18)28-20(27)21(7-2-3-8-21)14-5-4-6-17(24)9-14/h4-6,9-13H,2-3,7-8H2,1H3,(H,25,26). The molecule has 7 heteroatoms. The first-order valence-corrected chi connectivity index (χ1v) is 9.80. The molecule has 3 rings (SSSR count). The van der Waals surface area contributed by atoms with Gasteiger partial charge >= 0.3 is 5.97 Å². The van der Waals surface area contributed by atoms with Crippen LogP contribution < -0.4 is 5.32 Å². The SMILES string of the molecule is CC(OC(=O)C1(c2cccc(F)c2)CCCC1)C(=O)Nc1cc(Cl)cc(Cl)c1. The lowest BCUT2D eigenvalue weighted by molar-refractivity contribution is -0.159. The summed E-state index contributed by atoms with van der Waals surface area (Å²) < 4.78 is 19.2. The lowest BCUT2D eigenvalue weighted by atomic mass is 9.79. The molecule has 28 heavy (non-hydrogen) atoms. The van der Waals surface area contributed by atoms with E-state index in [9.17, 15) is 14.0 Å². The summed E-state index contributed by atoms with van der Waals surface area (Å²) in [5.74, 6) is -1.42. The fraction of sp³-hybridized carbons (Fsp3) is 0.333. The Balaban J connectivity index is 1.73. The monoisotopic (exact) mass is 423 g/mol. The highest BCUT2D eigenvalue weighted by Gasteiger charge is 2.45. The molecular weight excluding hydrogens is 404 g/mol. The second-order valence-corrected chi connectivity index (χ2v) is 7.87. The predicted octanol–water partition coefficient (Wildman–Crippen LogP) is 5.51. The van der Waals surface area contributed by atoms with Gasteiger partial charge in [-0.25, -0.2) is 4.39 Å². The summed E-state index contributed by atoms with van der Waals surface area (Å²) in [6.45, 7) is 1.49. The molecule has 1 N–H and O–H groups in total. The minimum Gasteiger partial charge on any atom is -0.452 e. The van der Waals surface area contributed by atoms with Gasteiger partial charge in [0.2, 0.25) is 0 Å². The maximum atomic E-state index is 13.7. The van der Waals surface area contributed by atoms with Crippen LogP contribution in [0.25, 0.3) is 0 Å². The van der Waals surface area contributed by atoms with Gasteiger partial charge in [-0.05, 0) is 55.7 Å². The third-order valence-electron chi connectivity index (χ3n) is 5.01. The lowest BCUT2D eigenvalue weighted by Gasteiger charge is -2.28. The van der Waals surface area contributed by atoms with E-state index in [0.717, 1.165) is 12.8 Å². The molecule has 0 bridgehead atoms. The van der Waals surface area contributed by atoms with Gasteiger partial charge in [0, 0.05) is 15.7 Å². The van der Waals surface area contributed by atoms with Crippen molar-refractivity contribution in [2.45, 2.75) is 44.1 Å². The zero-order valence-corrected chi connectivity index (χ0v) is 16.8. The van der Waals surface area contributed by atoms with Crippen molar-refractivity contribution < 1.29 is 18.7 Å². The molecule has 0 aromatic heterocycles. The van der Waals surface area contributed by atoms with Gasteiger partial charge in [-0.2, -0.15) is 0 Å². The number of hydrogen-bond donors (Lipinski definition) is 1. The third kappa shape index (κ3) is 4.47. The average Bonchev–Trinajstić information content (AvgIpc) is 3.12. The molecule has 0 radical (unpaired) electrons. The van der Waals surface area contributed by atoms with E-state index in [-0.39, 0.29) is 0 Å². The van der Waals surface area contributed by atoms with Gasteiger partial charge in [-0.3, -0.25) is 9.59 Å². The number of nitrogens with one attached hydrogen (secondary N) is 1. The zero-order chi connectivity index (χ0) is 20.3. The average molecular weight is 424 g/mol. The number of benzene rings is 2. The normalized spacial score (nSPS) is 16.4. The van der Waals surface area contributed by atoms with Crippen LogP contribution in [0.15, 0.2) is 42.5 Å². The molecule has 148 valence electrons. The molecule has 2 aromatic carbocycles. The van der Waals surface area contributed by atoms with Crippen molar-refractivity contribution in [1.82, 2.24) is 0 Å². The molecule has 4 nitrogen and oxygen atoms in total. The molecular formula is C21H20Cl2FNO3. The largest absolute Gasteiger partial charge is 0.452 e. The molecule has 1 amide bonds. The number of hydrogen-bond acceptors (Lipinski definition) is 3. The van der Waals surface area contributed by atoms with E-state index < -0.39 is 29.2 Å². The van der Waals surface area contributed by atoms with Gasteiger partial charge in [0.1, 0.15) is 5.82 Å². The quantitative estimate of drug-likeness (QED) is 0.644. The fourth-order valence-corrected chi connectivity index (χ4v) is 4.10. The number of carbonyl (C=O) groups excluding carboxylic acids is 2. The Labute approximate surface area is 173 Å². The molecule has 0 saturated heterocycles. The van der Waals surface area contributed by atoms with E-state index in [1.54, 1.807) is 30.3 Å². The van der Waals surface area contributed by atoms with Crippen LogP contribution in [-0.2, 0) is 19.7 Å². The van der Waals surface area contributed by atoms with Crippen LogP contribution in [0.4, 0.5) is 10.1 Å². The second kappa shape index (κ2) is 8.50. The summed E-state index contributed by atoms with van der Waals surface area (Å²) in [5, 5.41) is 3.39.